The second-order valence-electron chi connectivity index (χ2n) is 2.54. The van der Waals surface area contributed by atoms with E-state index in [1.54, 1.807) is 0 Å². The Balaban J connectivity index is 2.49. The van der Waals surface area contributed by atoms with E-state index in [-0.39, 0.29) is 0 Å². The molecule has 0 spiro atoms. The van der Waals surface area contributed by atoms with Crippen molar-refractivity contribution in [1.82, 2.24) is 0 Å². The van der Waals surface area contributed by atoms with Crippen LogP contribution in [0.15, 0.2) is 16.6 Å². The molecule has 0 unspecified atom stereocenters. The van der Waals surface area contributed by atoms with E-state index < -0.39 is 0 Å². The van der Waals surface area contributed by atoms with Crippen LogP contribution in [0.1, 0.15) is 0 Å². The van der Waals surface area contributed by atoms with Crippen LogP contribution in [-0.4, -0.2) is 13.2 Å². The molecule has 2 nitrogen and oxygen atoms in total. The van der Waals surface area contributed by atoms with Gasteiger partial charge in [0.1, 0.15) is 12.4 Å². The molecule has 0 saturated carbocycles. The molecule has 0 radical (unpaired) electrons. The fourth-order valence-electron chi connectivity index (χ4n) is 1.13. The van der Waals surface area contributed by atoms with Crippen molar-refractivity contribution < 1.29 is 4.74 Å². The lowest BCUT2D eigenvalue weighted by Gasteiger charge is -2.19. The molecule has 0 atom stereocenters. The van der Waals surface area contributed by atoms with Gasteiger partial charge in [-0.3, -0.25) is 0 Å². The van der Waals surface area contributed by atoms with Crippen LogP contribution >= 0.6 is 27.5 Å². The van der Waals surface area contributed by atoms with Crippen LogP contribution in [-0.2, 0) is 0 Å². The summed E-state index contributed by atoms with van der Waals surface area (Å²) in [4.78, 5) is 0. The monoisotopic (exact) mass is 247 g/mol. The number of rotatable bonds is 0. The van der Waals surface area contributed by atoms with Gasteiger partial charge < -0.3 is 10.1 Å². The summed E-state index contributed by atoms with van der Waals surface area (Å²) in [6, 6.07) is 3.74. The highest BCUT2D eigenvalue weighted by atomic mass is 79.9. The predicted octanol–water partition coefficient (Wildman–Crippen LogP) is 2.91. The second kappa shape index (κ2) is 3.15. The van der Waals surface area contributed by atoms with Gasteiger partial charge in [-0.25, -0.2) is 0 Å². The minimum Gasteiger partial charge on any atom is -0.490 e. The highest BCUT2D eigenvalue weighted by Crippen LogP contribution is 2.35. The largest absolute Gasteiger partial charge is 0.490 e. The van der Waals surface area contributed by atoms with Crippen LogP contribution in [0.5, 0.6) is 5.75 Å². The van der Waals surface area contributed by atoms with Crippen molar-refractivity contribution in [3.63, 3.8) is 0 Å². The standard InChI is InChI=1S/C8H7BrClNO/c9-5-3-8-7(4-6(5)10)11-1-2-12-8/h3-4,11H,1-2H2. The molecule has 1 heterocycles. The van der Waals surface area contributed by atoms with E-state index in [0.29, 0.717) is 11.6 Å². The third kappa shape index (κ3) is 1.39. The van der Waals surface area contributed by atoms with Crippen LogP contribution in [0.4, 0.5) is 5.69 Å². The number of hydrogen-bond acceptors (Lipinski definition) is 2. The van der Waals surface area contributed by atoms with Gasteiger partial charge >= 0.3 is 0 Å². The van der Waals surface area contributed by atoms with Gasteiger partial charge in [0.15, 0.2) is 0 Å². The van der Waals surface area contributed by atoms with Crippen molar-refractivity contribution in [2.45, 2.75) is 0 Å². The second-order valence-corrected chi connectivity index (χ2v) is 3.80. The molecule has 0 amide bonds. The molecule has 64 valence electrons. The lowest BCUT2D eigenvalue weighted by atomic mass is 10.2. The maximum absolute atomic E-state index is 5.90. The van der Waals surface area contributed by atoms with E-state index in [9.17, 15) is 0 Å². The summed E-state index contributed by atoms with van der Waals surface area (Å²) < 4.78 is 6.28. The van der Waals surface area contributed by atoms with Crippen molar-refractivity contribution >= 4 is 33.2 Å². The number of fused-ring (bicyclic) bond motifs is 1. The quantitative estimate of drug-likeness (QED) is 0.762. The Morgan fingerprint density at radius 1 is 1.50 bits per heavy atom. The molecule has 2 rings (SSSR count). The number of halogens is 2. The number of hydrogen-bond donors (Lipinski definition) is 1. The molecule has 0 aromatic heterocycles. The van der Waals surface area contributed by atoms with E-state index in [4.69, 9.17) is 16.3 Å². The topological polar surface area (TPSA) is 21.3 Å². The van der Waals surface area contributed by atoms with E-state index in [2.05, 4.69) is 21.2 Å². The Labute approximate surface area is 84.0 Å². The molecule has 1 aromatic rings. The molecular formula is C8H7BrClNO. The van der Waals surface area contributed by atoms with Gasteiger partial charge in [0.2, 0.25) is 0 Å². The molecule has 0 aliphatic carbocycles. The average molecular weight is 249 g/mol. The smallest absolute Gasteiger partial charge is 0.143 e. The van der Waals surface area contributed by atoms with Crippen LogP contribution in [0.2, 0.25) is 5.02 Å². The van der Waals surface area contributed by atoms with Crippen molar-refractivity contribution in [2.24, 2.45) is 0 Å². The number of ether oxygens (including phenoxy) is 1. The highest BCUT2D eigenvalue weighted by molar-refractivity contribution is 9.10. The molecular weight excluding hydrogens is 241 g/mol. The zero-order chi connectivity index (χ0) is 8.55. The predicted molar refractivity (Wildman–Crippen MR) is 53.1 cm³/mol. The average Bonchev–Trinajstić information content (AvgIpc) is 2.07. The van der Waals surface area contributed by atoms with Gasteiger partial charge in [0.25, 0.3) is 0 Å². The van der Waals surface area contributed by atoms with E-state index in [1.165, 1.54) is 0 Å². The Kier molecular flexibility index (Phi) is 2.15. The van der Waals surface area contributed by atoms with Gasteiger partial charge in [-0.15, -0.1) is 0 Å². The lowest BCUT2D eigenvalue weighted by molar-refractivity contribution is 0.323. The minimum atomic E-state index is 0.701. The number of nitrogens with one attached hydrogen (secondary N) is 1. The summed E-state index contributed by atoms with van der Waals surface area (Å²) >= 11 is 9.24. The lowest BCUT2D eigenvalue weighted by Crippen LogP contribution is -2.17. The summed E-state index contributed by atoms with van der Waals surface area (Å²) in [6.45, 7) is 1.55. The SMILES string of the molecule is Clc1cc2c(cc1Br)OCCN2. The molecule has 1 aromatic carbocycles. The molecule has 4 heteroatoms. The van der Waals surface area contributed by atoms with Crippen molar-refractivity contribution in [3.05, 3.63) is 21.6 Å². The molecule has 0 fully saturated rings. The van der Waals surface area contributed by atoms with Gasteiger partial charge in [-0.05, 0) is 28.1 Å². The number of anilines is 1. The van der Waals surface area contributed by atoms with Gasteiger partial charge in [0, 0.05) is 11.0 Å². The van der Waals surface area contributed by atoms with E-state index in [1.807, 2.05) is 12.1 Å². The summed E-state index contributed by atoms with van der Waals surface area (Å²) in [5.74, 6) is 0.859. The maximum Gasteiger partial charge on any atom is 0.143 e. The van der Waals surface area contributed by atoms with Gasteiger partial charge in [-0.2, -0.15) is 0 Å². The van der Waals surface area contributed by atoms with Gasteiger partial charge in [-0.1, -0.05) is 11.6 Å². The summed E-state index contributed by atoms with van der Waals surface area (Å²) in [5, 5.41) is 3.90. The zero-order valence-electron chi connectivity index (χ0n) is 6.23. The molecule has 1 aliphatic heterocycles. The normalized spacial score (nSPS) is 14.5. The van der Waals surface area contributed by atoms with E-state index >= 15 is 0 Å². The first-order chi connectivity index (χ1) is 5.77. The summed E-state index contributed by atoms with van der Waals surface area (Å²) in [7, 11) is 0. The van der Waals surface area contributed by atoms with E-state index in [0.717, 1.165) is 22.5 Å². The summed E-state index contributed by atoms with van der Waals surface area (Å²) in [6.07, 6.45) is 0. The fraction of sp³-hybridized carbons (Fsp3) is 0.250. The first-order valence-electron chi connectivity index (χ1n) is 3.63. The Hall–Kier alpha value is -0.410. The highest BCUT2D eigenvalue weighted by Gasteiger charge is 2.11. The number of benzene rings is 1. The van der Waals surface area contributed by atoms with Gasteiger partial charge in [0.05, 0.1) is 10.7 Å². The molecule has 0 bridgehead atoms. The molecule has 1 N–H and O–H groups in total. The first kappa shape index (κ1) is 8.20. The maximum atomic E-state index is 5.90. The molecule has 1 aliphatic rings. The third-order valence-electron chi connectivity index (χ3n) is 1.70. The van der Waals surface area contributed by atoms with Crippen molar-refractivity contribution in [1.29, 1.82) is 0 Å². The van der Waals surface area contributed by atoms with Crippen LogP contribution in [0.3, 0.4) is 0 Å². The Bertz CT molecular complexity index is 285. The van der Waals surface area contributed by atoms with Crippen molar-refractivity contribution in [2.75, 3.05) is 18.5 Å². The van der Waals surface area contributed by atoms with Crippen LogP contribution in [0, 0.1) is 0 Å². The molecule has 0 saturated heterocycles. The summed E-state index contributed by atoms with van der Waals surface area (Å²) in [5.41, 5.74) is 0.967. The third-order valence-corrected chi connectivity index (χ3v) is 2.89. The fourth-order valence-corrected chi connectivity index (χ4v) is 1.62. The van der Waals surface area contributed by atoms with Crippen LogP contribution in [0.25, 0.3) is 0 Å². The van der Waals surface area contributed by atoms with Crippen LogP contribution < -0.4 is 10.1 Å². The Morgan fingerprint density at radius 2 is 2.33 bits per heavy atom. The Morgan fingerprint density at radius 3 is 3.17 bits per heavy atom. The molecule has 12 heavy (non-hydrogen) atoms. The van der Waals surface area contributed by atoms with Crippen molar-refractivity contribution in [3.8, 4) is 5.75 Å². The first-order valence-corrected chi connectivity index (χ1v) is 4.80. The minimum absolute atomic E-state index is 0.701. The zero-order valence-corrected chi connectivity index (χ0v) is 8.58.